The molecule has 0 unspecified atom stereocenters. The second-order valence-electron chi connectivity index (χ2n) is 4.64. The Balaban J connectivity index is 1.86. The fraction of sp³-hybridized carbons (Fsp3) is 0.333. The van der Waals surface area contributed by atoms with Gasteiger partial charge in [0.2, 0.25) is 0 Å². The van der Waals surface area contributed by atoms with Crippen LogP contribution in [-0.4, -0.2) is 19.1 Å². The number of methoxy groups -OCH3 is 1. The van der Waals surface area contributed by atoms with Crippen molar-refractivity contribution in [3.8, 4) is 11.8 Å². The first-order valence-corrected chi connectivity index (χ1v) is 6.50. The lowest BCUT2D eigenvalue weighted by atomic mass is 10.2. The molecule has 1 aromatic carbocycles. The molecule has 0 aliphatic heterocycles. The maximum Gasteiger partial charge on any atom is 0.263 e. The van der Waals surface area contributed by atoms with Crippen LogP contribution in [0.2, 0.25) is 0 Å². The zero-order valence-electron chi connectivity index (χ0n) is 11.3. The minimum Gasteiger partial charge on any atom is -0.497 e. The van der Waals surface area contributed by atoms with Gasteiger partial charge >= 0.3 is 0 Å². The van der Waals surface area contributed by atoms with Crippen molar-refractivity contribution in [2.75, 3.05) is 7.11 Å². The highest BCUT2D eigenvalue weighted by molar-refractivity contribution is 5.97. The van der Waals surface area contributed by atoms with Gasteiger partial charge in [0.25, 0.3) is 5.91 Å². The summed E-state index contributed by atoms with van der Waals surface area (Å²) in [6.45, 7) is 0.380. The van der Waals surface area contributed by atoms with Crippen molar-refractivity contribution in [1.82, 2.24) is 10.6 Å². The van der Waals surface area contributed by atoms with Gasteiger partial charge in [-0.2, -0.15) is 5.26 Å². The van der Waals surface area contributed by atoms with E-state index < -0.39 is 0 Å². The molecule has 0 aromatic heterocycles. The van der Waals surface area contributed by atoms with E-state index in [2.05, 4.69) is 10.6 Å². The molecule has 1 aliphatic rings. The predicted octanol–water partition coefficient (Wildman–Crippen LogP) is 1.47. The van der Waals surface area contributed by atoms with Crippen LogP contribution in [0.5, 0.6) is 5.75 Å². The number of rotatable bonds is 6. The van der Waals surface area contributed by atoms with Crippen LogP contribution in [0.1, 0.15) is 18.4 Å². The van der Waals surface area contributed by atoms with Crippen LogP contribution in [0.15, 0.2) is 36.0 Å². The molecule has 0 bridgehead atoms. The van der Waals surface area contributed by atoms with Gasteiger partial charge in [-0.15, -0.1) is 0 Å². The van der Waals surface area contributed by atoms with E-state index in [9.17, 15) is 4.79 Å². The molecule has 0 heterocycles. The fourth-order valence-electron chi connectivity index (χ4n) is 1.62. The number of carbonyl (C=O) groups is 1. The molecule has 20 heavy (non-hydrogen) atoms. The van der Waals surface area contributed by atoms with Gasteiger partial charge in [0, 0.05) is 18.8 Å². The van der Waals surface area contributed by atoms with Gasteiger partial charge in [-0.3, -0.25) is 4.79 Å². The Bertz CT molecular complexity index is 539. The lowest BCUT2D eigenvalue weighted by Gasteiger charge is -2.06. The van der Waals surface area contributed by atoms with Gasteiger partial charge in [0.05, 0.1) is 7.11 Å². The van der Waals surface area contributed by atoms with Crippen molar-refractivity contribution in [2.45, 2.75) is 25.4 Å². The van der Waals surface area contributed by atoms with Crippen molar-refractivity contribution in [2.24, 2.45) is 0 Å². The predicted molar refractivity (Wildman–Crippen MR) is 74.7 cm³/mol. The number of nitriles is 1. The molecular formula is C15H17N3O2. The summed E-state index contributed by atoms with van der Waals surface area (Å²) in [5.41, 5.74) is 1.05. The monoisotopic (exact) mass is 271 g/mol. The zero-order chi connectivity index (χ0) is 14.4. The molecule has 0 saturated heterocycles. The fourth-order valence-corrected chi connectivity index (χ4v) is 1.62. The maximum atomic E-state index is 11.8. The average molecular weight is 271 g/mol. The molecule has 0 radical (unpaired) electrons. The van der Waals surface area contributed by atoms with Crippen LogP contribution < -0.4 is 15.4 Å². The van der Waals surface area contributed by atoms with E-state index >= 15 is 0 Å². The number of ether oxygens (including phenoxy) is 1. The molecule has 1 saturated carbocycles. The van der Waals surface area contributed by atoms with Gasteiger partial charge < -0.3 is 15.4 Å². The van der Waals surface area contributed by atoms with Gasteiger partial charge in [-0.25, -0.2) is 0 Å². The molecule has 1 aliphatic carbocycles. The highest BCUT2D eigenvalue weighted by Crippen LogP contribution is 2.18. The zero-order valence-corrected chi connectivity index (χ0v) is 11.3. The summed E-state index contributed by atoms with van der Waals surface area (Å²) in [5, 5.41) is 14.7. The first kappa shape index (κ1) is 13.9. The van der Waals surface area contributed by atoms with Gasteiger partial charge in [-0.05, 0) is 30.5 Å². The molecule has 0 atom stereocenters. The van der Waals surface area contributed by atoms with E-state index in [0.29, 0.717) is 12.6 Å². The summed E-state index contributed by atoms with van der Waals surface area (Å²) in [4.78, 5) is 11.8. The SMILES string of the molecule is COc1ccc(CNC(=O)/C(C#N)=C\NC2CC2)cc1. The normalized spacial score (nSPS) is 14.3. The first-order chi connectivity index (χ1) is 9.72. The number of benzene rings is 1. The summed E-state index contributed by atoms with van der Waals surface area (Å²) in [6, 6.07) is 9.74. The second-order valence-corrected chi connectivity index (χ2v) is 4.64. The minimum absolute atomic E-state index is 0.102. The number of hydrogen-bond acceptors (Lipinski definition) is 4. The molecule has 5 heteroatoms. The van der Waals surface area contributed by atoms with Crippen molar-refractivity contribution in [1.29, 1.82) is 5.26 Å². The lowest BCUT2D eigenvalue weighted by Crippen LogP contribution is -2.25. The third-order valence-corrected chi connectivity index (χ3v) is 3.02. The van der Waals surface area contributed by atoms with Gasteiger partial charge in [0.15, 0.2) is 0 Å². The topological polar surface area (TPSA) is 74.1 Å². The van der Waals surface area contributed by atoms with E-state index in [0.717, 1.165) is 24.2 Å². The Morgan fingerprint density at radius 2 is 2.15 bits per heavy atom. The number of nitrogens with zero attached hydrogens (tertiary/aromatic N) is 1. The molecular weight excluding hydrogens is 254 g/mol. The molecule has 104 valence electrons. The molecule has 1 aromatic rings. The minimum atomic E-state index is -0.364. The summed E-state index contributed by atoms with van der Waals surface area (Å²) >= 11 is 0. The van der Waals surface area contributed by atoms with E-state index in [1.807, 2.05) is 30.3 Å². The smallest absolute Gasteiger partial charge is 0.263 e. The standard InChI is InChI=1S/C15H17N3O2/c1-20-14-6-2-11(3-7-14)9-18-15(19)12(8-16)10-17-13-4-5-13/h2-3,6-7,10,13,17H,4-5,9H2,1H3,(H,18,19)/b12-10-. The highest BCUT2D eigenvalue weighted by atomic mass is 16.5. The summed E-state index contributed by atoms with van der Waals surface area (Å²) in [6.07, 6.45) is 3.70. The Morgan fingerprint density at radius 1 is 1.45 bits per heavy atom. The van der Waals surface area contributed by atoms with Gasteiger partial charge in [-0.1, -0.05) is 12.1 Å². The highest BCUT2D eigenvalue weighted by Gasteiger charge is 2.20. The van der Waals surface area contributed by atoms with Crippen LogP contribution in [0.25, 0.3) is 0 Å². The van der Waals surface area contributed by atoms with Crippen LogP contribution in [0.3, 0.4) is 0 Å². The van der Waals surface area contributed by atoms with E-state index in [-0.39, 0.29) is 11.5 Å². The van der Waals surface area contributed by atoms with Crippen LogP contribution in [0, 0.1) is 11.3 Å². The van der Waals surface area contributed by atoms with Crippen LogP contribution in [0.4, 0.5) is 0 Å². The van der Waals surface area contributed by atoms with Gasteiger partial charge in [0.1, 0.15) is 17.4 Å². The number of hydrogen-bond donors (Lipinski definition) is 2. The molecule has 5 nitrogen and oxygen atoms in total. The average Bonchev–Trinajstić information content (AvgIpc) is 3.30. The summed E-state index contributed by atoms with van der Waals surface area (Å²) < 4.78 is 5.06. The van der Waals surface area contributed by atoms with E-state index in [1.54, 1.807) is 7.11 Å². The van der Waals surface area contributed by atoms with Crippen LogP contribution in [-0.2, 0) is 11.3 Å². The first-order valence-electron chi connectivity index (χ1n) is 6.50. The Kier molecular flexibility index (Phi) is 4.61. The molecule has 2 N–H and O–H groups in total. The Labute approximate surface area is 118 Å². The number of nitrogens with one attached hydrogen (secondary N) is 2. The lowest BCUT2D eigenvalue weighted by molar-refractivity contribution is -0.117. The number of carbonyl (C=O) groups excluding carboxylic acids is 1. The van der Waals surface area contributed by atoms with Crippen molar-refractivity contribution in [3.05, 3.63) is 41.6 Å². The van der Waals surface area contributed by atoms with Crippen molar-refractivity contribution < 1.29 is 9.53 Å². The van der Waals surface area contributed by atoms with E-state index in [4.69, 9.17) is 10.00 Å². The Morgan fingerprint density at radius 3 is 2.70 bits per heavy atom. The molecule has 0 spiro atoms. The third kappa shape index (κ3) is 4.02. The molecule has 2 rings (SSSR count). The van der Waals surface area contributed by atoms with Crippen molar-refractivity contribution >= 4 is 5.91 Å². The summed E-state index contributed by atoms with van der Waals surface area (Å²) in [7, 11) is 1.60. The van der Waals surface area contributed by atoms with Crippen molar-refractivity contribution in [3.63, 3.8) is 0 Å². The molecule has 1 amide bonds. The number of amides is 1. The van der Waals surface area contributed by atoms with E-state index in [1.165, 1.54) is 6.20 Å². The molecule has 1 fully saturated rings. The largest absolute Gasteiger partial charge is 0.497 e. The third-order valence-electron chi connectivity index (χ3n) is 3.02. The maximum absolute atomic E-state index is 11.8. The Hall–Kier alpha value is -2.48. The summed E-state index contributed by atoms with van der Waals surface area (Å²) in [5.74, 6) is 0.405. The quantitative estimate of drug-likeness (QED) is 0.607. The second kappa shape index (κ2) is 6.62. The van der Waals surface area contributed by atoms with Crippen LogP contribution >= 0.6 is 0 Å².